The predicted molar refractivity (Wildman–Crippen MR) is 89.9 cm³/mol. The molecule has 3 rings (SSSR count). The first-order chi connectivity index (χ1) is 10.9. The summed E-state index contributed by atoms with van der Waals surface area (Å²) in [6, 6.07) is 3.97. The summed E-state index contributed by atoms with van der Waals surface area (Å²) in [6.45, 7) is 6.68. The smallest absolute Gasteiger partial charge is 0.191 e. The van der Waals surface area contributed by atoms with E-state index < -0.39 is 0 Å². The third-order valence-corrected chi connectivity index (χ3v) is 5.01. The maximum absolute atomic E-state index is 4.38. The molecule has 0 saturated carbocycles. The summed E-state index contributed by atoms with van der Waals surface area (Å²) in [5.74, 6) is 2.01. The van der Waals surface area contributed by atoms with E-state index >= 15 is 0 Å². The fourth-order valence-corrected chi connectivity index (χ4v) is 3.85. The van der Waals surface area contributed by atoms with Crippen LogP contribution in [0.1, 0.15) is 26.2 Å². The van der Waals surface area contributed by atoms with Gasteiger partial charge in [0.15, 0.2) is 11.0 Å². The van der Waals surface area contributed by atoms with Crippen LogP contribution in [0.5, 0.6) is 0 Å². The highest BCUT2D eigenvalue weighted by Gasteiger charge is 2.14. The molecule has 1 saturated heterocycles. The van der Waals surface area contributed by atoms with Crippen molar-refractivity contribution in [1.29, 1.82) is 0 Å². The number of likely N-dealkylation sites (tertiary alicyclic amines) is 1. The van der Waals surface area contributed by atoms with E-state index in [-0.39, 0.29) is 0 Å². The van der Waals surface area contributed by atoms with E-state index in [0.717, 1.165) is 35.4 Å². The Labute approximate surface area is 136 Å². The van der Waals surface area contributed by atoms with Gasteiger partial charge in [-0.2, -0.15) is 0 Å². The molecule has 0 radical (unpaired) electrons. The summed E-state index contributed by atoms with van der Waals surface area (Å²) in [6.07, 6.45) is 7.69. The molecule has 1 fully saturated rings. The van der Waals surface area contributed by atoms with Crippen molar-refractivity contribution in [1.82, 2.24) is 24.6 Å². The molecule has 0 unspecified atom stereocenters. The lowest BCUT2D eigenvalue weighted by Gasteiger charge is -2.25. The second-order valence-electron chi connectivity index (χ2n) is 5.54. The van der Waals surface area contributed by atoms with Gasteiger partial charge in [-0.1, -0.05) is 18.2 Å². The molecule has 2 aromatic rings. The van der Waals surface area contributed by atoms with Gasteiger partial charge in [0.25, 0.3) is 0 Å². The molecule has 118 valence electrons. The Kier molecular flexibility index (Phi) is 5.45. The van der Waals surface area contributed by atoms with Crippen LogP contribution < -0.4 is 0 Å². The second-order valence-corrected chi connectivity index (χ2v) is 6.60. The predicted octanol–water partition coefficient (Wildman–Crippen LogP) is 2.94. The average molecular weight is 317 g/mol. The van der Waals surface area contributed by atoms with Crippen LogP contribution in [0.2, 0.25) is 0 Å². The van der Waals surface area contributed by atoms with Crippen molar-refractivity contribution in [2.75, 3.05) is 25.4 Å². The van der Waals surface area contributed by atoms with Crippen molar-refractivity contribution >= 4 is 11.8 Å². The number of nitrogens with zero attached hydrogens (tertiary/aromatic N) is 5. The van der Waals surface area contributed by atoms with Crippen LogP contribution in [0.3, 0.4) is 0 Å². The maximum atomic E-state index is 4.38. The second kappa shape index (κ2) is 7.74. The van der Waals surface area contributed by atoms with Gasteiger partial charge < -0.3 is 9.47 Å². The largest absolute Gasteiger partial charge is 0.303 e. The first kappa shape index (κ1) is 15.5. The minimum absolute atomic E-state index is 0.886. The first-order valence-electron chi connectivity index (χ1n) is 8.07. The van der Waals surface area contributed by atoms with E-state index in [1.54, 1.807) is 12.4 Å². The molecule has 0 amide bonds. The van der Waals surface area contributed by atoms with E-state index in [9.17, 15) is 0 Å². The van der Waals surface area contributed by atoms with Crippen molar-refractivity contribution in [2.45, 2.75) is 37.9 Å². The number of pyridine rings is 1. The molecule has 2 aromatic heterocycles. The highest BCUT2D eigenvalue weighted by molar-refractivity contribution is 7.99. The molecular weight excluding hydrogens is 294 g/mol. The molecule has 0 N–H and O–H groups in total. The van der Waals surface area contributed by atoms with Crippen LogP contribution in [0, 0.1) is 0 Å². The van der Waals surface area contributed by atoms with Gasteiger partial charge in [-0.15, -0.1) is 10.2 Å². The Morgan fingerprint density at radius 2 is 1.86 bits per heavy atom. The van der Waals surface area contributed by atoms with Crippen LogP contribution in [0.25, 0.3) is 11.4 Å². The zero-order chi connectivity index (χ0) is 15.2. The van der Waals surface area contributed by atoms with Gasteiger partial charge in [0.1, 0.15) is 0 Å². The fraction of sp³-hybridized carbons (Fsp3) is 0.562. The lowest BCUT2D eigenvalue weighted by Crippen LogP contribution is -2.31. The van der Waals surface area contributed by atoms with Crippen molar-refractivity contribution < 1.29 is 0 Å². The minimum Gasteiger partial charge on any atom is -0.303 e. The van der Waals surface area contributed by atoms with Crippen molar-refractivity contribution in [3.63, 3.8) is 0 Å². The highest BCUT2D eigenvalue weighted by Crippen LogP contribution is 2.23. The Hall–Kier alpha value is -1.40. The van der Waals surface area contributed by atoms with E-state index in [4.69, 9.17) is 0 Å². The number of rotatable bonds is 6. The number of piperidine rings is 1. The number of hydrogen-bond acceptors (Lipinski definition) is 5. The number of aromatic nitrogens is 4. The molecule has 0 spiro atoms. The Morgan fingerprint density at radius 1 is 1.09 bits per heavy atom. The average Bonchev–Trinajstić information content (AvgIpc) is 2.99. The molecule has 5 nitrogen and oxygen atoms in total. The van der Waals surface area contributed by atoms with Crippen LogP contribution >= 0.6 is 11.8 Å². The molecule has 22 heavy (non-hydrogen) atoms. The van der Waals surface area contributed by atoms with Gasteiger partial charge >= 0.3 is 0 Å². The van der Waals surface area contributed by atoms with Crippen LogP contribution in [0.4, 0.5) is 0 Å². The molecule has 0 aliphatic carbocycles. The summed E-state index contributed by atoms with van der Waals surface area (Å²) in [5.41, 5.74) is 1.08. The molecule has 0 bridgehead atoms. The fourth-order valence-electron chi connectivity index (χ4n) is 2.84. The van der Waals surface area contributed by atoms with Gasteiger partial charge in [-0.05, 0) is 45.0 Å². The molecule has 6 heteroatoms. The summed E-state index contributed by atoms with van der Waals surface area (Å²) in [7, 11) is 0. The molecule has 0 atom stereocenters. The monoisotopic (exact) mass is 317 g/mol. The van der Waals surface area contributed by atoms with Crippen LogP contribution in [-0.2, 0) is 6.54 Å². The van der Waals surface area contributed by atoms with E-state index in [0.29, 0.717) is 0 Å². The first-order valence-corrected chi connectivity index (χ1v) is 9.06. The Bertz CT molecular complexity index is 577. The topological polar surface area (TPSA) is 46.8 Å². The van der Waals surface area contributed by atoms with Gasteiger partial charge in [0, 0.05) is 36.8 Å². The number of hydrogen-bond donors (Lipinski definition) is 0. The normalized spacial score (nSPS) is 16.0. The molecule has 1 aliphatic rings. The molecular formula is C16H23N5S. The lowest BCUT2D eigenvalue weighted by molar-refractivity contribution is 0.242. The summed E-state index contributed by atoms with van der Waals surface area (Å²) >= 11 is 1.81. The molecule has 3 heterocycles. The highest BCUT2D eigenvalue weighted by atomic mass is 32.2. The zero-order valence-corrected chi connectivity index (χ0v) is 13.9. The van der Waals surface area contributed by atoms with Crippen molar-refractivity contribution in [2.24, 2.45) is 0 Å². The Balaban J connectivity index is 1.63. The van der Waals surface area contributed by atoms with Gasteiger partial charge in [0.2, 0.25) is 0 Å². The Morgan fingerprint density at radius 3 is 2.59 bits per heavy atom. The van der Waals surface area contributed by atoms with Crippen molar-refractivity contribution in [3.05, 3.63) is 24.5 Å². The zero-order valence-electron chi connectivity index (χ0n) is 13.1. The van der Waals surface area contributed by atoms with E-state index in [2.05, 4.69) is 31.6 Å². The molecule has 0 aromatic carbocycles. The summed E-state index contributed by atoms with van der Waals surface area (Å²) in [5, 5.41) is 9.78. The third-order valence-electron chi connectivity index (χ3n) is 4.06. The summed E-state index contributed by atoms with van der Waals surface area (Å²) in [4.78, 5) is 6.63. The van der Waals surface area contributed by atoms with E-state index in [1.165, 1.54) is 32.4 Å². The quantitative estimate of drug-likeness (QED) is 0.767. The lowest BCUT2D eigenvalue weighted by atomic mass is 10.1. The van der Waals surface area contributed by atoms with Gasteiger partial charge in [0.05, 0.1) is 0 Å². The van der Waals surface area contributed by atoms with E-state index in [1.807, 2.05) is 23.9 Å². The standard InChI is InChI=1S/C16H23N5S/c1-2-21-15(14-6-8-17-9-7-14)18-19-16(21)22-13-12-20-10-4-3-5-11-20/h6-9H,2-5,10-13H2,1H3. The number of thioether (sulfide) groups is 1. The van der Waals surface area contributed by atoms with Gasteiger partial charge in [-0.25, -0.2) is 0 Å². The molecule has 1 aliphatic heterocycles. The SMILES string of the molecule is CCn1c(SCCN2CCCCC2)nnc1-c1ccncc1. The third kappa shape index (κ3) is 3.67. The van der Waals surface area contributed by atoms with Crippen LogP contribution in [-0.4, -0.2) is 50.0 Å². The maximum Gasteiger partial charge on any atom is 0.191 e. The summed E-state index contributed by atoms with van der Waals surface area (Å²) < 4.78 is 2.19. The van der Waals surface area contributed by atoms with Crippen LogP contribution in [0.15, 0.2) is 29.7 Å². The minimum atomic E-state index is 0.886. The van der Waals surface area contributed by atoms with Crippen molar-refractivity contribution in [3.8, 4) is 11.4 Å². The van der Waals surface area contributed by atoms with Gasteiger partial charge in [-0.3, -0.25) is 4.98 Å².